The van der Waals surface area contributed by atoms with E-state index in [1.54, 1.807) is 48.5 Å². The van der Waals surface area contributed by atoms with Gasteiger partial charge in [0.05, 0.1) is 12.4 Å². The maximum atomic E-state index is 11.7. The number of benzene rings is 2. The van der Waals surface area contributed by atoms with Gasteiger partial charge in [-0.15, -0.1) is 0 Å². The molecule has 0 saturated carbocycles. The van der Waals surface area contributed by atoms with E-state index in [0.29, 0.717) is 22.5 Å². The summed E-state index contributed by atoms with van der Waals surface area (Å²) in [6, 6.07) is 13.4. The van der Waals surface area contributed by atoms with Gasteiger partial charge in [0.1, 0.15) is 0 Å². The molecule has 0 heterocycles. The van der Waals surface area contributed by atoms with Crippen LogP contribution in [0.1, 0.15) is 25.0 Å². The maximum Gasteiger partial charge on any atom is 0.331 e. The fourth-order valence-electron chi connectivity index (χ4n) is 2.14. The number of nitrogens with one attached hydrogen (secondary N) is 4. The van der Waals surface area contributed by atoms with Crippen LogP contribution in [0.25, 0.3) is 0 Å². The lowest BCUT2D eigenvalue weighted by atomic mass is 10.2. The van der Waals surface area contributed by atoms with Crippen molar-refractivity contribution < 1.29 is 19.2 Å². The molecule has 2 aromatic rings. The van der Waals surface area contributed by atoms with Crippen LogP contribution in [-0.4, -0.2) is 36.1 Å². The van der Waals surface area contributed by atoms with E-state index in [4.69, 9.17) is 0 Å². The van der Waals surface area contributed by atoms with Crippen molar-refractivity contribution in [1.29, 1.82) is 0 Å². The van der Waals surface area contributed by atoms with Crippen molar-refractivity contribution in [2.45, 2.75) is 13.8 Å². The predicted molar refractivity (Wildman–Crippen MR) is 113 cm³/mol. The van der Waals surface area contributed by atoms with Crippen LogP contribution in [0, 0.1) is 0 Å². The molecule has 4 amide bonds. The van der Waals surface area contributed by atoms with Crippen LogP contribution in [0.5, 0.6) is 0 Å². The van der Waals surface area contributed by atoms with Crippen LogP contribution in [0.15, 0.2) is 58.7 Å². The Labute approximate surface area is 172 Å². The van der Waals surface area contributed by atoms with Gasteiger partial charge in [0.2, 0.25) is 11.8 Å². The average molecular weight is 408 g/mol. The second-order valence-corrected chi connectivity index (χ2v) is 6.00. The number of hydrazone groups is 2. The number of hydrogen-bond donors (Lipinski definition) is 4. The van der Waals surface area contributed by atoms with Gasteiger partial charge in [0.15, 0.2) is 0 Å². The molecule has 4 N–H and O–H groups in total. The van der Waals surface area contributed by atoms with Gasteiger partial charge in [-0.1, -0.05) is 24.3 Å². The molecule has 2 aromatic carbocycles. The molecule has 0 unspecified atom stereocenters. The van der Waals surface area contributed by atoms with Gasteiger partial charge in [-0.25, -0.2) is 10.9 Å². The van der Waals surface area contributed by atoms with Crippen molar-refractivity contribution in [1.82, 2.24) is 10.9 Å². The molecule has 0 bridgehead atoms. The third-order valence-electron chi connectivity index (χ3n) is 3.43. The fraction of sp³-hybridized carbons (Fsp3) is 0.100. The summed E-state index contributed by atoms with van der Waals surface area (Å²) in [5.74, 6) is -2.34. The molecule has 0 aliphatic rings. The minimum absolute atomic E-state index is 0.181. The largest absolute Gasteiger partial charge is 0.331 e. The molecule has 10 nitrogen and oxygen atoms in total. The molecule has 0 fully saturated rings. The summed E-state index contributed by atoms with van der Waals surface area (Å²) in [7, 11) is 0. The lowest BCUT2D eigenvalue weighted by Gasteiger charge is -2.02. The topological polar surface area (TPSA) is 141 Å². The van der Waals surface area contributed by atoms with Gasteiger partial charge in [0, 0.05) is 25.2 Å². The van der Waals surface area contributed by atoms with E-state index in [0.717, 1.165) is 0 Å². The molecule has 0 aromatic heterocycles. The van der Waals surface area contributed by atoms with E-state index < -0.39 is 11.8 Å². The van der Waals surface area contributed by atoms with Crippen molar-refractivity contribution in [3.63, 3.8) is 0 Å². The first kappa shape index (κ1) is 22.0. The lowest BCUT2D eigenvalue weighted by Crippen LogP contribution is -2.35. The second-order valence-electron chi connectivity index (χ2n) is 6.00. The highest BCUT2D eigenvalue weighted by Gasteiger charge is 2.11. The Hall–Kier alpha value is -4.34. The Morgan fingerprint density at radius 1 is 0.633 bits per heavy atom. The molecule has 0 saturated heterocycles. The fourth-order valence-corrected chi connectivity index (χ4v) is 2.14. The van der Waals surface area contributed by atoms with E-state index in [9.17, 15) is 19.2 Å². The van der Waals surface area contributed by atoms with E-state index in [1.165, 1.54) is 26.3 Å². The Balaban J connectivity index is 1.79. The number of carbonyl (C=O) groups excluding carboxylic acids is 4. The molecule has 2 rings (SSSR count). The van der Waals surface area contributed by atoms with Crippen molar-refractivity contribution >= 4 is 47.4 Å². The van der Waals surface area contributed by atoms with E-state index in [1.807, 2.05) is 0 Å². The zero-order valence-electron chi connectivity index (χ0n) is 16.3. The van der Waals surface area contributed by atoms with E-state index in [-0.39, 0.29) is 11.8 Å². The van der Waals surface area contributed by atoms with Crippen LogP contribution >= 0.6 is 0 Å². The Kier molecular flexibility index (Phi) is 7.94. The third-order valence-corrected chi connectivity index (χ3v) is 3.43. The molecule has 0 aliphatic carbocycles. The van der Waals surface area contributed by atoms with Crippen molar-refractivity contribution in [2.24, 2.45) is 10.2 Å². The van der Waals surface area contributed by atoms with Gasteiger partial charge in [-0.2, -0.15) is 10.2 Å². The van der Waals surface area contributed by atoms with Gasteiger partial charge in [-0.05, 0) is 35.4 Å². The Bertz CT molecular complexity index is 900. The normalized spacial score (nSPS) is 10.6. The first-order valence-corrected chi connectivity index (χ1v) is 8.75. The Morgan fingerprint density at radius 2 is 0.967 bits per heavy atom. The molecular formula is C20H20N6O4. The predicted octanol–water partition coefficient (Wildman–Crippen LogP) is 1.20. The number of rotatable bonds is 6. The van der Waals surface area contributed by atoms with Gasteiger partial charge in [-0.3, -0.25) is 19.2 Å². The number of nitrogens with zero attached hydrogens (tertiary/aromatic N) is 2. The van der Waals surface area contributed by atoms with Crippen LogP contribution in [0.2, 0.25) is 0 Å². The molecule has 0 radical (unpaired) electrons. The zero-order valence-corrected chi connectivity index (χ0v) is 16.3. The quantitative estimate of drug-likeness (QED) is 0.324. The van der Waals surface area contributed by atoms with Crippen LogP contribution < -0.4 is 21.5 Å². The summed E-state index contributed by atoms with van der Waals surface area (Å²) in [5.41, 5.74) is 6.75. The lowest BCUT2D eigenvalue weighted by molar-refractivity contribution is -0.139. The van der Waals surface area contributed by atoms with Gasteiger partial charge in [0.25, 0.3) is 0 Å². The van der Waals surface area contributed by atoms with E-state index >= 15 is 0 Å². The van der Waals surface area contributed by atoms with Crippen LogP contribution in [0.4, 0.5) is 11.4 Å². The minimum atomic E-state index is -0.987. The highest BCUT2D eigenvalue weighted by molar-refractivity contribution is 6.35. The van der Waals surface area contributed by atoms with Crippen molar-refractivity contribution in [3.8, 4) is 0 Å². The zero-order chi connectivity index (χ0) is 21.9. The van der Waals surface area contributed by atoms with Crippen LogP contribution in [0.3, 0.4) is 0 Å². The molecule has 0 spiro atoms. The summed E-state index contributed by atoms with van der Waals surface area (Å²) in [4.78, 5) is 45.3. The number of hydrogen-bond acceptors (Lipinski definition) is 6. The molecule has 0 atom stereocenters. The Morgan fingerprint density at radius 3 is 1.27 bits per heavy atom. The number of anilines is 2. The molecule has 154 valence electrons. The summed E-state index contributed by atoms with van der Waals surface area (Å²) in [5, 5.41) is 12.6. The van der Waals surface area contributed by atoms with Crippen LogP contribution in [-0.2, 0) is 19.2 Å². The molecule has 30 heavy (non-hydrogen) atoms. The number of carbonyl (C=O) groups is 4. The van der Waals surface area contributed by atoms with E-state index in [2.05, 4.69) is 31.7 Å². The average Bonchev–Trinajstić information content (AvgIpc) is 2.69. The molecular weight excluding hydrogens is 388 g/mol. The summed E-state index contributed by atoms with van der Waals surface area (Å²) in [6.45, 7) is 2.81. The third kappa shape index (κ3) is 7.72. The maximum absolute atomic E-state index is 11.7. The summed E-state index contributed by atoms with van der Waals surface area (Å²) < 4.78 is 0. The summed E-state index contributed by atoms with van der Waals surface area (Å²) in [6.07, 6.45) is 2.70. The smallest absolute Gasteiger partial charge is 0.326 e. The first-order chi connectivity index (χ1) is 14.3. The summed E-state index contributed by atoms with van der Waals surface area (Å²) >= 11 is 0. The SMILES string of the molecule is CC(=O)Nc1ccc(/C=N/NC(=O)C(=O)N/N=C/c2ccc(NC(C)=O)cc2)cc1. The monoisotopic (exact) mass is 408 g/mol. The standard InChI is InChI=1S/C20H20N6O4/c1-13(27)23-17-7-3-15(4-8-17)11-21-25-19(29)20(30)26-22-12-16-5-9-18(10-6-16)24-14(2)28/h3-12H,1-2H3,(H,23,27)(H,24,28)(H,25,29)(H,26,30)/b21-11+,22-12+. The highest BCUT2D eigenvalue weighted by atomic mass is 16.2. The molecule has 0 aliphatic heterocycles. The second kappa shape index (κ2) is 10.9. The van der Waals surface area contributed by atoms with Gasteiger partial charge >= 0.3 is 11.8 Å². The molecule has 10 heteroatoms. The van der Waals surface area contributed by atoms with Gasteiger partial charge < -0.3 is 10.6 Å². The first-order valence-electron chi connectivity index (χ1n) is 8.75. The van der Waals surface area contributed by atoms with Crippen molar-refractivity contribution in [2.75, 3.05) is 10.6 Å². The number of amides is 4. The minimum Gasteiger partial charge on any atom is -0.326 e. The highest BCUT2D eigenvalue weighted by Crippen LogP contribution is 2.08. The van der Waals surface area contributed by atoms with Crippen molar-refractivity contribution in [3.05, 3.63) is 59.7 Å².